The lowest BCUT2D eigenvalue weighted by atomic mass is 9.99. The van der Waals surface area contributed by atoms with E-state index < -0.39 is 0 Å². The van der Waals surface area contributed by atoms with Crippen molar-refractivity contribution in [2.45, 2.75) is 19.9 Å². The van der Waals surface area contributed by atoms with Crippen LogP contribution in [0.25, 0.3) is 0 Å². The van der Waals surface area contributed by atoms with Crippen molar-refractivity contribution in [3.63, 3.8) is 0 Å². The van der Waals surface area contributed by atoms with E-state index in [1.807, 2.05) is 12.1 Å². The fraction of sp³-hybridized carbons (Fsp3) is 0.375. The van der Waals surface area contributed by atoms with Crippen LogP contribution in [0.15, 0.2) is 29.6 Å². The van der Waals surface area contributed by atoms with E-state index in [1.165, 1.54) is 16.0 Å². The topological polar surface area (TPSA) is 30.5 Å². The Hall–Kier alpha value is -1.52. The molecule has 0 fully saturated rings. The number of methoxy groups -OCH3 is 2. The molecule has 0 spiro atoms. The molecule has 4 heteroatoms. The van der Waals surface area contributed by atoms with Crippen LogP contribution in [0.3, 0.4) is 0 Å². The van der Waals surface area contributed by atoms with E-state index in [-0.39, 0.29) is 6.04 Å². The van der Waals surface area contributed by atoms with Gasteiger partial charge in [-0.15, -0.1) is 11.3 Å². The predicted molar refractivity (Wildman–Crippen MR) is 84.1 cm³/mol. The van der Waals surface area contributed by atoms with Crippen LogP contribution in [-0.2, 0) is 0 Å². The lowest BCUT2D eigenvalue weighted by Crippen LogP contribution is -2.22. The molecule has 3 nitrogen and oxygen atoms in total. The fourth-order valence-corrected chi connectivity index (χ4v) is 3.29. The summed E-state index contributed by atoms with van der Waals surface area (Å²) in [5.41, 5.74) is 2.47. The van der Waals surface area contributed by atoms with Gasteiger partial charge in [0.15, 0.2) is 0 Å². The highest BCUT2D eigenvalue weighted by Crippen LogP contribution is 2.36. The summed E-state index contributed by atoms with van der Waals surface area (Å²) in [7, 11) is 3.41. The Morgan fingerprint density at radius 2 is 2.00 bits per heavy atom. The maximum Gasteiger partial charge on any atom is 0.134 e. The Labute approximate surface area is 124 Å². The molecule has 0 saturated heterocycles. The average Bonchev–Trinajstić information content (AvgIpc) is 2.93. The monoisotopic (exact) mass is 291 g/mol. The van der Waals surface area contributed by atoms with Crippen molar-refractivity contribution >= 4 is 11.3 Å². The summed E-state index contributed by atoms with van der Waals surface area (Å²) in [6, 6.07) is 8.37. The third-order valence-electron chi connectivity index (χ3n) is 3.34. The molecule has 0 radical (unpaired) electrons. The summed E-state index contributed by atoms with van der Waals surface area (Å²) in [6.07, 6.45) is 0. The van der Waals surface area contributed by atoms with Crippen molar-refractivity contribution in [2.24, 2.45) is 0 Å². The van der Waals surface area contributed by atoms with Crippen LogP contribution in [0.4, 0.5) is 0 Å². The first-order valence-electron chi connectivity index (χ1n) is 6.70. The smallest absolute Gasteiger partial charge is 0.134 e. The zero-order valence-corrected chi connectivity index (χ0v) is 13.2. The number of ether oxygens (including phenoxy) is 2. The second kappa shape index (κ2) is 6.77. The van der Waals surface area contributed by atoms with Gasteiger partial charge in [0.2, 0.25) is 0 Å². The number of thiophene rings is 1. The van der Waals surface area contributed by atoms with Crippen LogP contribution in [0.2, 0.25) is 0 Å². The Kier molecular flexibility index (Phi) is 5.04. The molecule has 2 aromatic rings. The molecule has 0 amide bonds. The number of aryl methyl sites for hydroxylation is 1. The fourth-order valence-electron chi connectivity index (χ4n) is 2.34. The van der Waals surface area contributed by atoms with E-state index in [1.54, 1.807) is 25.6 Å². The molecule has 0 saturated carbocycles. The summed E-state index contributed by atoms with van der Waals surface area (Å²) in [5.74, 6) is 1.83. The van der Waals surface area contributed by atoms with Gasteiger partial charge in [-0.2, -0.15) is 0 Å². The minimum absolute atomic E-state index is 0.154. The zero-order chi connectivity index (χ0) is 14.5. The van der Waals surface area contributed by atoms with Gasteiger partial charge >= 0.3 is 0 Å². The van der Waals surface area contributed by atoms with Crippen LogP contribution in [0.1, 0.15) is 29.0 Å². The van der Waals surface area contributed by atoms with Crippen molar-refractivity contribution < 1.29 is 9.47 Å². The molecule has 0 aliphatic carbocycles. The third kappa shape index (κ3) is 2.97. The SMILES string of the molecule is CCNC(c1ccc(OC)cc1C)c1sccc1OC. The Morgan fingerprint density at radius 3 is 2.60 bits per heavy atom. The highest BCUT2D eigenvalue weighted by Gasteiger charge is 2.20. The normalized spacial score (nSPS) is 12.2. The van der Waals surface area contributed by atoms with Gasteiger partial charge in [0.1, 0.15) is 11.5 Å². The van der Waals surface area contributed by atoms with Gasteiger partial charge in [-0.25, -0.2) is 0 Å². The maximum absolute atomic E-state index is 5.46. The minimum Gasteiger partial charge on any atom is -0.497 e. The summed E-state index contributed by atoms with van der Waals surface area (Å²) in [5, 5.41) is 5.61. The van der Waals surface area contributed by atoms with Gasteiger partial charge in [-0.1, -0.05) is 13.0 Å². The molecule has 0 aliphatic heterocycles. The standard InChI is InChI=1S/C16H21NO2S/c1-5-17-15(16-14(19-4)8-9-20-16)13-7-6-12(18-3)10-11(13)2/h6-10,15,17H,5H2,1-4H3. The molecule has 1 heterocycles. The molecule has 1 N–H and O–H groups in total. The quantitative estimate of drug-likeness (QED) is 0.878. The molecule has 0 bridgehead atoms. The Balaban J connectivity index is 2.43. The maximum atomic E-state index is 5.46. The lowest BCUT2D eigenvalue weighted by Gasteiger charge is -2.21. The summed E-state index contributed by atoms with van der Waals surface area (Å²) < 4.78 is 10.7. The number of benzene rings is 1. The van der Waals surface area contributed by atoms with Crippen molar-refractivity contribution in [1.29, 1.82) is 0 Å². The van der Waals surface area contributed by atoms with E-state index >= 15 is 0 Å². The molecular weight excluding hydrogens is 270 g/mol. The van der Waals surface area contributed by atoms with E-state index in [0.29, 0.717) is 0 Å². The molecule has 1 atom stereocenters. The van der Waals surface area contributed by atoms with Gasteiger partial charge in [-0.3, -0.25) is 0 Å². The van der Waals surface area contributed by atoms with Crippen LogP contribution in [0, 0.1) is 6.92 Å². The predicted octanol–water partition coefficient (Wildman–Crippen LogP) is 3.77. The van der Waals surface area contributed by atoms with E-state index in [2.05, 4.69) is 36.7 Å². The molecule has 20 heavy (non-hydrogen) atoms. The van der Waals surface area contributed by atoms with Gasteiger partial charge in [0.05, 0.1) is 25.1 Å². The van der Waals surface area contributed by atoms with E-state index in [9.17, 15) is 0 Å². The molecule has 2 rings (SSSR count). The summed E-state index contributed by atoms with van der Waals surface area (Å²) >= 11 is 1.72. The van der Waals surface area contributed by atoms with Gasteiger partial charge in [0.25, 0.3) is 0 Å². The Morgan fingerprint density at radius 1 is 1.20 bits per heavy atom. The van der Waals surface area contributed by atoms with Crippen LogP contribution in [0.5, 0.6) is 11.5 Å². The van der Waals surface area contributed by atoms with Gasteiger partial charge in [-0.05, 0) is 48.2 Å². The molecule has 0 aliphatic rings. The van der Waals surface area contributed by atoms with Gasteiger partial charge in [0, 0.05) is 0 Å². The third-order valence-corrected chi connectivity index (χ3v) is 4.30. The molecule has 108 valence electrons. The van der Waals surface area contributed by atoms with Crippen LogP contribution >= 0.6 is 11.3 Å². The molecule has 1 unspecified atom stereocenters. The molecule has 1 aromatic carbocycles. The lowest BCUT2D eigenvalue weighted by molar-refractivity contribution is 0.407. The number of nitrogens with one attached hydrogen (secondary N) is 1. The number of hydrogen-bond acceptors (Lipinski definition) is 4. The van der Waals surface area contributed by atoms with Crippen LogP contribution < -0.4 is 14.8 Å². The van der Waals surface area contributed by atoms with Crippen molar-refractivity contribution in [3.05, 3.63) is 45.6 Å². The second-order valence-corrected chi connectivity index (χ2v) is 5.51. The number of hydrogen-bond donors (Lipinski definition) is 1. The first kappa shape index (κ1) is 14.9. The highest BCUT2D eigenvalue weighted by atomic mass is 32.1. The Bertz CT molecular complexity index is 565. The van der Waals surface area contributed by atoms with E-state index in [0.717, 1.165) is 18.0 Å². The zero-order valence-electron chi connectivity index (χ0n) is 12.4. The minimum atomic E-state index is 0.154. The highest BCUT2D eigenvalue weighted by molar-refractivity contribution is 7.10. The largest absolute Gasteiger partial charge is 0.497 e. The van der Waals surface area contributed by atoms with Crippen molar-refractivity contribution in [3.8, 4) is 11.5 Å². The summed E-state index contributed by atoms with van der Waals surface area (Å²) in [4.78, 5) is 1.21. The first-order chi connectivity index (χ1) is 9.71. The molecule has 1 aromatic heterocycles. The van der Waals surface area contributed by atoms with Gasteiger partial charge < -0.3 is 14.8 Å². The van der Waals surface area contributed by atoms with Crippen molar-refractivity contribution in [2.75, 3.05) is 20.8 Å². The van der Waals surface area contributed by atoms with E-state index in [4.69, 9.17) is 9.47 Å². The average molecular weight is 291 g/mol. The summed E-state index contributed by atoms with van der Waals surface area (Å²) in [6.45, 7) is 5.13. The first-order valence-corrected chi connectivity index (χ1v) is 7.58. The van der Waals surface area contributed by atoms with Crippen LogP contribution in [-0.4, -0.2) is 20.8 Å². The van der Waals surface area contributed by atoms with Crippen molar-refractivity contribution in [1.82, 2.24) is 5.32 Å². The number of rotatable bonds is 6. The molecular formula is C16H21NO2S. The second-order valence-electron chi connectivity index (χ2n) is 4.57.